The van der Waals surface area contributed by atoms with Gasteiger partial charge in [0.1, 0.15) is 0 Å². The van der Waals surface area contributed by atoms with E-state index in [1.165, 1.54) is 24.4 Å². The van der Waals surface area contributed by atoms with Crippen molar-refractivity contribution in [3.63, 3.8) is 0 Å². The lowest BCUT2D eigenvalue weighted by Crippen LogP contribution is -2.42. The summed E-state index contributed by atoms with van der Waals surface area (Å²) in [6, 6.07) is 0.530. The van der Waals surface area contributed by atoms with Gasteiger partial charge in [0.2, 0.25) is 0 Å². The maximum atomic E-state index is 5.86. The Bertz CT molecular complexity index is 380. The third-order valence-corrected chi connectivity index (χ3v) is 4.46. The van der Waals surface area contributed by atoms with Crippen LogP contribution < -0.4 is 15.4 Å². The Morgan fingerprint density at radius 2 is 2.29 bits per heavy atom. The SMILES string of the molecule is CCOc1c(N)nsc1N1CCCC(C)C1C. The number of hydrogen-bond donors (Lipinski definition) is 1. The smallest absolute Gasteiger partial charge is 0.197 e. The highest BCUT2D eigenvalue weighted by Crippen LogP contribution is 2.41. The molecule has 0 radical (unpaired) electrons. The second-order valence-electron chi connectivity index (χ2n) is 4.69. The minimum atomic E-state index is 0.525. The molecule has 1 fully saturated rings. The van der Waals surface area contributed by atoms with Crippen LogP contribution in [-0.2, 0) is 0 Å². The minimum absolute atomic E-state index is 0.525. The van der Waals surface area contributed by atoms with Crippen molar-refractivity contribution in [1.82, 2.24) is 4.37 Å². The first-order valence-electron chi connectivity index (χ1n) is 6.29. The zero-order valence-corrected chi connectivity index (χ0v) is 11.6. The van der Waals surface area contributed by atoms with E-state index < -0.39 is 0 Å². The summed E-state index contributed by atoms with van der Waals surface area (Å²) < 4.78 is 9.85. The van der Waals surface area contributed by atoms with Crippen LogP contribution in [0.1, 0.15) is 33.6 Å². The summed E-state index contributed by atoms with van der Waals surface area (Å²) in [4.78, 5) is 2.40. The number of piperidine rings is 1. The number of rotatable bonds is 3. The van der Waals surface area contributed by atoms with Gasteiger partial charge in [-0.1, -0.05) is 6.92 Å². The number of anilines is 2. The van der Waals surface area contributed by atoms with Crippen LogP contribution in [0.5, 0.6) is 5.75 Å². The van der Waals surface area contributed by atoms with Gasteiger partial charge in [-0.25, -0.2) is 0 Å². The molecular weight excluding hydrogens is 234 g/mol. The fourth-order valence-corrected chi connectivity index (χ4v) is 3.25. The van der Waals surface area contributed by atoms with Gasteiger partial charge in [-0.2, -0.15) is 4.37 Å². The lowest BCUT2D eigenvalue weighted by molar-refractivity contribution is 0.333. The number of nitrogen functional groups attached to an aromatic ring is 1. The topological polar surface area (TPSA) is 51.4 Å². The Hall–Kier alpha value is -0.970. The molecule has 2 heterocycles. The zero-order chi connectivity index (χ0) is 12.4. The van der Waals surface area contributed by atoms with E-state index in [4.69, 9.17) is 10.5 Å². The first kappa shape index (κ1) is 12.5. The van der Waals surface area contributed by atoms with Crippen molar-refractivity contribution in [3.8, 4) is 5.75 Å². The Morgan fingerprint density at radius 1 is 1.53 bits per heavy atom. The van der Waals surface area contributed by atoms with Crippen LogP contribution in [-0.4, -0.2) is 23.6 Å². The first-order chi connectivity index (χ1) is 8.15. The fraction of sp³-hybridized carbons (Fsp3) is 0.750. The molecule has 96 valence electrons. The molecule has 2 rings (SSSR count). The highest BCUT2D eigenvalue weighted by Gasteiger charge is 2.29. The van der Waals surface area contributed by atoms with Crippen molar-refractivity contribution in [1.29, 1.82) is 0 Å². The van der Waals surface area contributed by atoms with Crippen molar-refractivity contribution >= 4 is 22.4 Å². The number of nitrogens with zero attached hydrogens (tertiary/aromatic N) is 2. The van der Waals surface area contributed by atoms with E-state index in [-0.39, 0.29) is 0 Å². The highest BCUT2D eigenvalue weighted by atomic mass is 32.1. The summed E-state index contributed by atoms with van der Waals surface area (Å²) in [6.45, 7) is 8.26. The molecule has 5 heteroatoms. The van der Waals surface area contributed by atoms with Gasteiger partial charge in [0.05, 0.1) is 6.61 Å². The van der Waals surface area contributed by atoms with E-state index in [1.807, 2.05) is 6.92 Å². The van der Waals surface area contributed by atoms with Crippen LogP contribution in [0.15, 0.2) is 0 Å². The summed E-state index contributed by atoms with van der Waals surface area (Å²) in [5, 5.41) is 1.10. The Morgan fingerprint density at radius 3 is 3.00 bits per heavy atom. The molecule has 0 aliphatic carbocycles. The van der Waals surface area contributed by atoms with Crippen molar-refractivity contribution < 1.29 is 4.74 Å². The van der Waals surface area contributed by atoms with E-state index in [2.05, 4.69) is 23.1 Å². The average molecular weight is 255 g/mol. The van der Waals surface area contributed by atoms with Gasteiger partial charge in [-0.05, 0) is 44.1 Å². The quantitative estimate of drug-likeness (QED) is 0.902. The normalized spacial score (nSPS) is 25.0. The van der Waals surface area contributed by atoms with Crippen LogP contribution in [0.4, 0.5) is 10.8 Å². The van der Waals surface area contributed by atoms with E-state index in [0.29, 0.717) is 24.4 Å². The lowest BCUT2D eigenvalue weighted by atomic mass is 9.92. The summed E-state index contributed by atoms with van der Waals surface area (Å²) in [5.41, 5.74) is 5.86. The summed E-state index contributed by atoms with van der Waals surface area (Å²) in [6.07, 6.45) is 2.53. The van der Waals surface area contributed by atoms with E-state index in [0.717, 1.165) is 17.3 Å². The molecule has 0 aromatic carbocycles. The van der Waals surface area contributed by atoms with Crippen LogP contribution in [0.25, 0.3) is 0 Å². The fourth-order valence-electron chi connectivity index (χ4n) is 2.37. The molecule has 0 bridgehead atoms. The van der Waals surface area contributed by atoms with Gasteiger partial charge in [-0.3, -0.25) is 0 Å². The van der Waals surface area contributed by atoms with E-state index in [1.54, 1.807) is 0 Å². The Kier molecular flexibility index (Phi) is 3.76. The molecule has 0 saturated carbocycles. The van der Waals surface area contributed by atoms with Crippen molar-refractivity contribution in [2.24, 2.45) is 5.92 Å². The molecule has 1 aromatic rings. The zero-order valence-electron chi connectivity index (χ0n) is 10.8. The molecule has 2 unspecified atom stereocenters. The molecule has 1 aromatic heterocycles. The summed E-state index contributed by atoms with van der Waals surface area (Å²) in [5.74, 6) is 2.01. The molecule has 4 nitrogen and oxygen atoms in total. The standard InChI is InChI=1S/C12H21N3OS/c1-4-16-10-11(13)14-17-12(10)15-7-5-6-8(2)9(15)3/h8-9H,4-7H2,1-3H3,(H2,13,14). The van der Waals surface area contributed by atoms with Gasteiger partial charge in [-0.15, -0.1) is 0 Å². The van der Waals surface area contributed by atoms with Crippen molar-refractivity contribution in [2.45, 2.75) is 39.7 Å². The van der Waals surface area contributed by atoms with Crippen LogP contribution >= 0.6 is 11.5 Å². The van der Waals surface area contributed by atoms with E-state index >= 15 is 0 Å². The third-order valence-electron chi connectivity index (χ3n) is 3.58. The van der Waals surface area contributed by atoms with Crippen molar-refractivity contribution in [2.75, 3.05) is 23.8 Å². The van der Waals surface area contributed by atoms with Crippen LogP contribution in [0.2, 0.25) is 0 Å². The largest absolute Gasteiger partial charge is 0.487 e. The average Bonchev–Trinajstić information content (AvgIpc) is 2.66. The third kappa shape index (κ3) is 2.34. The molecule has 2 atom stereocenters. The van der Waals surface area contributed by atoms with Crippen molar-refractivity contribution in [3.05, 3.63) is 0 Å². The Labute approximate surface area is 107 Å². The second-order valence-corrected chi connectivity index (χ2v) is 5.44. The second kappa shape index (κ2) is 5.12. The first-order valence-corrected chi connectivity index (χ1v) is 7.07. The van der Waals surface area contributed by atoms with Gasteiger partial charge in [0.25, 0.3) is 0 Å². The molecule has 0 spiro atoms. The molecule has 1 aliphatic heterocycles. The summed E-state index contributed by atoms with van der Waals surface area (Å²) >= 11 is 1.45. The van der Waals surface area contributed by atoms with E-state index in [9.17, 15) is 0 Å². The molecule has 17 heavy (non-hydrogen) atoms. The maximum absolute atomic E-state index is 5.86. The van der Waals surface area contributed by atoms with Gasteiger partial charge < -0.3 is 15.4 Å². The number of ether oxygens (including phenoxy) is 1. The minimum Gasteiger partial charge on any atom is -0.487 e. The van der Waals surface area contributed by atoms with Crippen LogP contribution in [0, 0.1) is 5.92 Å². The number of hydrogen-bond acceptors (Lipinski definition) is 5. The molecule has 2 N–H and O–H groups in total. The molecular formula is C12H21N3OS. The van der Waals surface area contributed by atoms with Gasteiger partial charge in [0, 0.05) is 12.6 Å². The molecule has 0 amide bonds. The predicted molar refractivity (Wildman–Crippen MR) is 72.9 cm³/mol. The molecule has 1 aliphatic rings. The lowest BCUT2D eigenvalue weighted by Gasteiger charge is -2.38. The maximum Gasteiger partial charge on any atom is 0.197 e. The van der Waals surface area contributed by atoms with Gasteiger partial charge >= 0.3 is 0 Å². The monoisotopic (exact) mass is 255 g/mol. The molecule has 1 saturated heterocycles. The number of aromatic nitrogens is 1. The highest BCUT2D eigenvalue weighted by molar-refractivity contribution is 7.11. The summed E-state index contributed by atoms with van der Waals surface area (Å²) in [7, 11) is 0. The number of nitrogens with two attached hydrogens (primary N) is 1. The Balaban J connectivity index is 2.26. The van der Waals surface area contributed by atoms with Crippen LogP contribution in [0.3, 0.4) is 0 Å². The van der Waals surface area contributed by atoms with Gasteiger partial charge in [0.15, 0.2) is 16.6 Å². The predicted octanol–water partition coefficient (Wildman–Crippen LogP) is 2.75.